The lowest BCUT2D eigenvalue weighted by Crippen LogP contribution is -2.45. The van der Waals surface area contributed by atoms with Crippen molar-refractivity contribution in [3.8, 4) is 22.8 Å². The number of nitrogens with one attached hydrogen (secondary N) is 2. The summed E-state index contributed by atoms with van der Waals surface area (Å²) in [6.07, 6.45) is 2.89. The van der Waals surface area contributed by atoms with Crippen molar-refractivity contribution in [1.29, 1.82) is 0 Å². The number of hydrogen-bond acceptors (Lipinski definition) is 9. The first kappa shape index (κ1) is 25.9. The van der Waals surface area contributed by atoms with E-state index in [-0.39, 0.29) is 24.6 Å². The van der Waals surface area contributed by atoms with Gasteiger partial charge in [0.15, 0.2) is 0 Å². The second kappa shape index (κ2) is 11.3. The average Bonchev–Trinajstić information content (AvgIpc) is 3.30. The van der Waals surface area contributed by atoms with E-state index in [1.165, 1.54) is 20.3 Å². The zero-order valence-corrected chi connectivity index (χ0v) is 21.4. The molecule has 3 heterocycles. The van der Waals surface area contributed by atoms with Crippen LogP contribution in [0.2, 0.25) is 10.0 Å². The number of nitrogens with zero attached hydrogens (tertiary/aromatic N) is 3. The molecule has 12 heteroatoms. The Hall–Kier alpha value is -3.18. The number of fused-ring (bicyclic) bond motifs is 1. The van der Waals surface area contributed by atoms with Gasteiger partial charge in [-0.25, -0.2) is 15.0 Å². The van der Waals surface area contributed by atoms with Gasteiger partial charge in [-0.3, -0.25) is 4.79 Å². The standard InChI is InChI=1S/C24H25Cl2N5O5/c1-5-19(32)29-14-10-36-11-15(14)30-24-27-8-12-6-13(28-16(9-33-2)23(12)31-24)20-21(25)17(34-3)7-18(35-4)22(20)26/h5-8,14-15H,1,9-11H2,2-4H3,(H,29,32)(H,27,30,31)/t14-,15+/m0/s1. The number of methoxy groups -OCH3 is 3. The first-order chi connectivity index (χ1) is 17.4. The fourth-order valence-corrected chi connectivity index (χ4v) is 4.59. The van der Waals surface area contributed by atoms with Crippen molar-refractivity contribution in [2.75, 3.05) is 39.9 Å². The van der Waals surface area contributed by atoms with Gasteiger partial charge in [-0.1, -0.05) is 29.8 Å². The molecule has 2 atom stereocenters. The summed E-state index contributed by atoms with van der Waals surface area (Å²) in [7, 11) is 4.58. The Morgan fingerprint density at radius 2 is 1.83 bits per heavy atom. The molecule has 4 rings (SSSR count). The first-order valence-corrected chi connectivity index (χ1v) is 11.7. The van der Waals surface area contributed by atoms with Crippen LogP contribution in [0.1, 0.15) is 5.69 Å². The predicted molar refractivity (Wildman–Crippen MR) is 137 cm³/mol. The second-order valence-electron chi connectivity index (χ2n) is 7.91. The van der Waals surface area contributed by atoms with E-state index in [9.17, 15) is 4.79 Å². The molecule has 1 fully saturated rings. The SMILES string of the molecule is C=CC(=O)N[C@H]1COC[C@H]1Nc1ncc2cc(-c3c(Cl)c(OC)cc(OC)c3Cl)nc(COC)c2n1. The molecule has 1 aliphatic heterocycles. The summed E-state index contributed by atoms with van der Waals surface area (Å²) in [6.45, 7) is 4.43. The molecule has 1 aromatic carbocycles. The largest absolute Gasteiger partial charge is 0.495 e. The average molecular weight is 534 g/mol. The van der Waals surface area contributed by atoms with Gasteiger partial charge in [0.2, 0.25) is 11.9 Å². The van der Waals surface area contributed by atoms with Crippen LogP contribution >= 0.6 is 23.2 Å². The molecule has 1 saturated heterocycles. The lowest BCUT2D eigenvalue weighted by Gasteiger charge is -2.20. The van der Waals surface area contributed by atoms with Crippen LogP contribution in [0, 0.1) is 0 Å². The molecule has 0 saturated carbocycles. The van der Waals surface area contributed by atoms with Crippen LogP contribution in [0.25, 0.3) is 22.2 Å². The number of rotatable bonds is 9. The molecule has 3 aromatic rings. The van der Waals surface area contributed by atoms with E-state index in [4.69, 9.17) is 47.1 Å². The normalized spacial score (nSPS) is 17.1. The molecule has 36 heavy (non-hydrogen) atoms. The van der Waals surface area contributed by atoms with Gasteiger partial charge in [-0.15, -0.1) is 0 Å². The Bertz CT molecular complexity index is 1280. The third kappa shape index (κ3) is 5.17. The zero-order chi connectivity index (χ0) is 25.8. The Morgan fingerprint density at radius 3 is 2.47 bits per heavy atom. The quantitative estimate of drug-likeness (QED) is 0.397. The molecule has 0 bridgehead atoms. The lowest BCUT2D eigenvalue weighted by molar-refractivity contribution is -0.117. The van der Waals surface area contributed by atoms with Crippen LogP contribution in [0.15, 0.2) is 31.0 Å². The topological polar surface area (TPSA) is 117 Å². The summed E-state index contributed by atoms with van der Waals surface area (Å²) in [5, 5.41) is 7.38. The molecular weight excluding hydrogens is 509 g/mol. The fourth-order valence-electron chi connectivity index (χ4n) is 3.90. The number of hydrogen-bond donors (Lipinski definition) is 2. The molecule has 10 nitrogen and oxygen atoms in total. The minimum absolute atomic E-state index is 0.182. The van der Waals surface area contributed by atoms with Gasteiger partial charge in [-0.05, 0) is 12.1 Å². The molecular formula is C24H25Cl2N5O5. The van der Waals surface area contributed by atoms with Gasteiger partial charge < -0.3 is 29.6 Å². The highest BCUT2D eigenvalue weighted by Gasteiger charge is 2.30. The summed E-state index contributed by atoms with van der Waals surface area (Å²) in [4.78, 5) is 25.6. The zero-order valence-electron chi connectivity index (χ0n) is 19.9. The van der Waals surface area contributed by atoms with Crippen molar-refractivity contribution in [3.05, 3.63) is 46.7 Å². The van der Waals surface area contributed by atoms with E-state index >= 15 is 0 Å². The summed E-state index contributed by atoms with van der Waals surface area (Å²) < 4.78 is 21.7. The van der Waals surface area contributed by atoms with Crippen LogP contribution in [-0.4, -0.2) is 67.5 Å². The summed E-state index contributed by atoms with van der Waals surface area (Å²) in [6, 6.07) is 2.94. The molecule has 0 unspecified atom stereocenters. The van der Waals surface area contributed by atoms with Crippen molar-refractivity contribution in [1.82, 2.24) is 20.3 Å². The van der Waals surface area contributed by atoms with Gasteiger partial charge in [0.05, 0.1) is 73.1 Å². The van der Waals surface area contributed by atoms with E-state index in [0.29, 0.717) is 68.6 Å². The molecule has 1 aliphatic rings. The number of carbonyl (C=O) groups is 1. The smallest absolute Gasteiger partial charge is 0.243 e. The first-order valence-electron chi connectivity index (χ1n) is 10.9. The van der Waals surface area contributed by atoms with E-state index in [1.807, 2.05) is 0 Å². The molecule has 0 radical (unpaired) electrons. The van der Waals surface area contributed by atoms with E-state index in [2.05, 4.69) is 27.2 Å². The maximum Gasteiger partial charge on any atom is 0.243 e. The van der Waals surface area contributed by atoms with Crippen molar-refractivity contribution in [3.63, 3.8) is 0 Å². The van der Waals surface area contributed by atoms with E-state index < -0.39 is 0 Å². The third-order valence-corrected chi connectivity index (χ3v) is 6.41. The molecule has 1 amide bonds. The van der Waals surface area contributed by atoms with E-state index in [1.54, 1.807) is 25.4 Å². The predicted octanol–water partition coefficient (Wildman–Crippen LogP) is 3.64. The molecule has 0 aliphatic carbocycles. The molecule has 2 N–H and O–H groups in total. The van der Waals surface area contributed by atoms with Gasteiger partial charge in [0.25, 0.3) is 0 Å². The summed E-state index contributed by atoms with van der Waals surface area (Å²) in [5.41, 5.74) is 2.09. The fraction of sp³-hybridized carbons (Fsp3) is 0.333. The van der Waals surface area contributed by atoms with Gasteiger partial charge >= 0.3 is 0 Å². The third-order valence-electron chi connectivity index (χ3n) is 5.66. The van der Waals surface area contributed by atoms with Crippen LogP contribution in [0.4, 0.5) is 5.95 Å². The number of anilines is 1. The molecule has 2 aromatic heterocycles. The Balaban J connectivity index is 1.75. The van der Waals surface area contributed by atoms with Crippen molar-refractivity contribution in [2.45, 2.75) is 18.7 Å². The number of amides is 1. The summed E-state index contributed by atoms with van der Waals surface area (Å²) >= 11 is 13.2. The number of benzene rings is 1. The maximum absolute atomic E-state index is 11.7. The van der Waals surface area contributed by atoms with Gasteiger partial charge in [-0.2, -0.15) is 0 Å². The van der Waals surface area contributed by atoms with Crippen molar-refractivity contribution in [2.24, 2.45) is 0 Å². The van der Waals surface area contributed by atoms with Crippen LogP contribution in [0.5, 0.6) is 11.5 Å². The summed E-state index contributed by atoms with van der Waals surface area (Å²) in [5.74, 6) is 0.885. The number of aromatic nitrogens is 3. The molecule has 190 valence electrons. The van der Waals surface area contributed by atoms with Crippen LogP contribution in [-0.2, 0) is 20.9 Å². The minimum atomic E-state index is -0.276. The number of halogens is 2. The number of carbonyl (C=O) groups excluding carboxylic acids is 1. The van der Waals surface area contributed by atoms with Crippen LogP contribution in [0.3, 0.4) is 0 Å². The highest BCUT2D eigenvalue weighted by molar-refractivity contribution is 6.41. The Morgan fingerprint density at radius 1 is 1.14 bits per heavy atom. The van der Waals surface area contributed by atoms with Gasteiger partial charge in [0, 0.05) is 30.3 Å². The lowest BCUT2D eigenvalue weighted by atomic mass is 10.1. The Labute approximate surface area is 217 Å². The maximum atomic E-state index is 11.7. The monoisotopic (exact) mass is 533 g/mol. The van der Waals surface area contributed by atoms with Gasteiger partial charge in [0.1, 0.15) is 11.5 Å². The highest BCUT2D eigenvalue weighted by Crippen LogP contribution is 2.46. The minimum Gasteiger partial charge on any atom is -0.495 e. The van der Waals surface area contributed by atoms with Crippen molar-refractivity contribution < 1.29 is 23.7 Å². The second-order valence-corrected chi connectivity index (χ2v) is 8.67. The van der Waals surface area contributed by atoms with Crippen LogP contribution < -0.4 is 20.1 Å². The van der Waals surface area contributed by atoms with E-state index in [0.717, 1.165) is 0 Å². The van der Waals surface area contributed by atoms with Crippen molar-refractivity contribution >= 4 is 46.0 Å². The number of ether oxygens (including phenoxy) is 4. The molecule has 0 spiro atoms. The Kier molecular flexibility index (Phi) is 8.10. The number of pyridine rings is 1. The highest BCUT2D eigenvalue weighted by atomic mass is 35.5.